The van der Waals surface area contributed by atoms with Gasteiger partial charge in [0.05, 0.1) is 5.92 Å². The molecule has 0 aromatic rings. The third-order valence-electron chi connectivity index (χ3n) is 1.68. The summed E-state index contributed by atoms with van der Waals surface area (Å²) in [7, 11) is 0. The number of carbonyl (C=O) groups is 2. The Morgan fingerprint density at radius 2 is 2.08 bits per heavy atom. The van der Waals surface area contributed by atoms with Crippen molar-refractivity contribution in [1.82, 2.24) is 0 Å². The SMILES string of the molecule is CCCCC(CC(=O)S)C(=O)O. The summed E-state index contributed by atoms with van der Waals surface area (Å²) in [5, 5.41) is 8.31. The molecule has 0 aromatic carbocycles. The Morgan fingerprint density at radius 1 is 1.50 bits per heavy atom. The maximum atomic E-state index is 10.6. The van der Waals surface area contributed by atoms with Crippen LogP contribution >= 0.6 is 12.6 Å². The van der Waals surface area contributed by atoms with Crippen molar-refractivity contribution in [2.45, 2.75) is 32.6 Å². The summed E-state index contributed by atoms with van der Waals surface area (Å²) in [6, 6.07) is 0. The second kappa shape index (κ2) is 6.06. The van der Waals surface area contributed by atoms with Crippen LogP contribution in [0.25, 0.3) is 0 Å². The lowest BCUT2D eigenvalue weighted by atomic mass is 9.99. The molecule has 0 aromatic heterocycles. The summed E-state index contributed by atoms with van der Waals surface area (Å²) in [6.07, 6.45) is 2.40. The molecule has 0 rings (SSSR count). The Morgan fingerprint density at radius 3 is 2.42 bits per heavy atom. The van der Waals surface area contributed by atoms with Crippen LogP contribution in [0.2, 0.25) is 0 Å². The fourth-order valence-corrected chi connectivity index (χ4v) is 1.19. The molecule has 0 fully saturated rings. The van der Waals surface area contributed by atoms with Gasteiger partial charge in [-0.3, -0.25) is 9.59 Å². The van der Waals surface area contributed by atoms with Crippen LogP contribution in [0.3, 0.4) is 0 Å². The summed E-state index contributed by atoms with van der Waals surface area (Å²) < 4.78 is 0. The summed E-state index contributed by atoms with van der Waals surface area (Å²) in [6.45, 7) is 1.99. The molecule has 0 spiro atoms. The number of hydrogen-bond acceptors (Lipinski definition) is 2. The minimum Gasteiger partial charge on any atom is -0.481 e. The van der Waals surface area contributed by atoms with Crippen LogP contribution in [0.1, 0.15) is 32.6 Å². The highest BCUT2D eigenvalue weighted by Gasteiger charge is 2.18. The van der Waals surface area contributed by atoms with Gasteiger partial charge in [0.2, 0.25) is 0 Å². The van der Waals surface area contributed by atoms with E-state index in [4.69, 9.17) is 5.11 Å². The normalized spacial score (nSPS) is 12.5. The van der Waals surface area contributed by atoms with Crippen LogP contribution < -0.4 is 0 Å². The van der Waals surface area contributed by atoms with Crippen molar-refractivity contribution in [2.75, 3.05) is 0 Å². The van der Waals surface area contributed by atoms with Gasteiger partial charge < -0.3 is 5.11 Å². The molecule has 0 saturated carbocycles. The minimum atomic E-state index is -0.897. The quantitative estimate of drug-likeness (QED) is 0.627. The molecule has 0 amide bonds. The van der Waals surface area contributed by atoms with E-state index in [1.165, 1.54) is 0 Å². The van der Waals surface area contributed by atoms with E-state index in [9.17, 15) is 9.59 Å². The number of rotatable bonds is 6. The van der Waals surface area contributed by atoms with Crippen LogP contribution in [-0.4, -0.2) is 16.2 Å². The zero-order valence-corrected chi connectivity index (χ0v) is 8.01. The van der Waals surface area contributed by atoms with E-state index in [0.717, 1.165) is 12.8 Å². The predicted octanol–water partition coefficient (Wildman–Crippen LogP) is 1.72. The number of hydrogen-bond donors (Lipinski definition) is 2. The largest absolute Gasteiger partial charge is 0.481 e. The van der Waals surface area contributed by atoms with Gasteiger partial charge in [0.15, 0.2) is 5.12 Å². The van der Waals surface area contributed by atoms with Crippen molar-refractivity contribution < 1.29 is 14.7 Å². The molecule has 0 heterocycles. The summed E-state index contributed by atoms with van der Waals surface area (Å²) in [5.41, 5.74) is 0. The van der Waals surface area contributed by atoms with E-state index in [0.29, 0.717) is 6.42 Å². The highest BCUT2D eigenvalue weighted by atomic mass is 32.1. The Hall–Kier alpha value is -0.510. The van der Waals surface area contributed by atoms with E-state index in [1.54, 1.807) is 0 Å². The lowest BCUT2D eigenvalue weighted by Gasteiger charge is -2.08. The summed E-state index contributed by atoms with van der Waals surface area (Å²) >= 11 is 3.55. The van der Waals surface area contributed by atoms with E-state index in [-0.39, 0.29) is 11.5 Å². The lowest BCUT2D eigenvalue weighted by Crippen LogP contribution is -2.15. The lowest BCUT2D eigenvalue weighted by molar-refractivity contribution is -0.143. The molecule has 1 N–H and O–H groups in total. The molecule has 70 valence electrons. The first-order valence-corrected chi connectivity index (χ1v) is 4.47. The Kier molecular flexibility index (Phi) is 5.80. The Balaban J connectivity index is 3.87. The van der Waals surface area contributed by atoms with E-state index in [1.807, 2.05) is 6.92 Å². The topological polar surface area (TPSA) is 54.4 Å². The third-order valence-corrected chi connectivity index (χ3v) is 1.86. The van der Waals surface area contributed by atoms with Gasteiger partial charge in [0, 0.05) is 6.42 Å². The molecule has 1 atom stereocenters. The zero-order chi connectivity index (χ0) is 9.56. The van der Waals surface area contributed by atoms with E-state index < -0.39 is 11.9 Å². The van der Waals surface area contributed by atoms with Crippen molar-refractivity contribution in [3.05, 3.63) is 0 Å². The molecule has 0 aliphatic rings. The van der Waals surface area contributed by atoms with Crippen molar-refractivity contribution in [1.29, 1.82) is 0 Å². The number of carboxylic acid groups (broad SMARTS) is 1. The van der Waals surface area contributed by atoms with Crippen LogP contribution in [0.5, 0.6) is 0 Å². The third kappa shape index (κ3) is 5.18. The molecule has 0 aliphatic carbocycles. The van der Waals surface area contributed by atoms with E-state index >= 15 is 0 Å². The summed E-state index contributed by atoms with van der Waals surface area (Å²) in [5.74, 6) is -1.44. The van der Waals surface area contributed by atoms with Crippen LogP contribution in [0.15, 0.2) is 0 Å². The van der Waals surface area contributed by atoms with Gasteiger partial charge in [0.25, 0.3) is 0 Å². The van der Waals surface area contributed by atoms with Gasteiger partial charge >= 0.3 is 5.97 Å². The fourth-order valence-electron chi connectivity index (χ4n) is 0.974. The Labute approximate surface area is 77.6 Å². The number of thiol groups is 1. The van der Waals surface area contributed by atoms with Crippen molar-refractivity contribution in [3.63, 3.8) is 0 Å². The van der Waals surface area contributed by atoms with Gasteiger partial charge in [-0.1, -0.05) is 19.8 Å². The molecule has 0 bridgehead atoms. The fraction of sp³-hybridized carbons (Fsp3) is 0.750. The first-order valence-electron chi connectivity index (χ1n) is 4.02. The highest BCUT2D eigenvalue weighted by Crippen LogP contribution is 2.14. The van der Waals surface area contributed by atoms with Crippen LogP contribution in [0.4, 0.5) is 0 Å². The molecule has 12 heavy (non-hydrogen) atoms. The van der Waals surface area contributed by atoms with Gasteiger partial charge in [-0.15, -0.1) is 12.6 Å². The van der Waals surface area contributed by atoms with Gasteiger partial charge in [-0.05, 0) is 6.42 Å². The molecule has 1 unspecified atom stereocenters. The smallest absolute Gasteiger partial charge is 0.306 e. The summed E-state index contributed by atoms with van der Waals surface area (Å²) in [4.78, 5) is 21.1. The van der Waals surface area contributed by atoms with E-state index in [2.05, 4.69) is 12.6 Å². The molecular formula is C8H14O3S. The molecule has 0 saturated heterocycles. The van der Waals surface area contributed by atoms with Gasteiger partial charge in [0.1, 0.15) is 0 Å². The number of carbonyl (C=O) groups excluding carboxylic acids is 1. The first-order chi connectivity index (χ1) is 5.57. The monoisotopic (exact) mass is 190 g/mol. The molecule has 0 aliphatic heterocycles. The highest BCUT2D eigenvalue weighted by molar-refractivity contribution is 7.96. The molecule has 0 radical (unpaired) electrons. The predicted molar refractivity (Wildman–Crippen MR) is 49.3 cm³/mol. The van der Waals surface area contributed by atoms with Crippen molar-refractivity contribution in [2.24, 2.45) is 5.92 Å². The Bertz CT molecular complexity index is 168. The van der Waals surface area contributed by atoms with Gasteiger partial charge in [-0.2, -0.15) is 0 Å². The first kappa shape index (κ1) is 11.5. The second-order valence-electron chi connectivity index (χ2n) is 2.78. The van der Waals surface area contributed by atoms with Crippen LogP contribution in [0, 0.1) is 5.92 Å². The average molecular weight is 190 g/mol. The molecular weight excluding hydrogens is 176 g/mol. The number of carboxylic acids is 1. The maximum absolute atomic E-state index is 10.6. The molecule has 4 heteroatoms. The zero-order valence-electron chi connectivity index (χ0n) is 7.12. The van der Waals surface area contributed by atoms with Crippen LogP contribution in [-0.2, 0) is 9.59 Å². The average Bonchev–Trinajstić information content (AvgIpc) is 1.96. The van der Waals surface area contributed by atoms with Crippen molar-refractivity contribution in [3.8, 4) is 0 Å². The second-order valence-corrected chi connectivity index (χ2v) is 3.27. The molecule has 3 nitrogen and oxygen atoms in total. The standard InChI is InChI=1S/C8H14O3S/c1-2-3-4-6(8(10)11)5-7(9)12/h6H,2-5H2,1H3,(H,9,12)(H,10,11). The number of unbranched alkanes of at least 4 members (excludes halogenated alkanes) is 1. The van der Waals surface area contributed by atoms with Gasteiger partial charge in [-0.25, -0.2) is 0 Å². The maximum Gasteiger partial charge on any atom is 0.306 e. The van der Waals surface area contributed by atoms with Crippen molar-refractivity contribution >= 4 is 23.7 Å². The number of aliphatic carboxylic acids is 1. The minimum absolute atomic E-state index is 0.0401.